The molecule has 1 aromatic rings. The molecule has 1 fully saturated rings. The molecule has 90 valence electrons. The first-order valence-corrected chi connectivity index (χ1v) is 6.17. The van der Waals surface area contributed by atoms with Crippen LogP contribution in [-0.4, -0.2) is 30.8 Å². The lowest BCUT2D eigenvalue weighted by Crippen LogP contribution is -2.40. The van der Waals surface area contributed by atoms with Gasteiger partial charge in [-0.1, -0.05) is 12.1 Å². The van der Waals surface area contributed by atoms with Gasteiger partial charge < -0.3 is 4.90 Å². The Labute approximate surface area is 100 Å². The normalized spacial score (nSPS) is 28.7. The summed E-state index contributed by atoms with van der Waals surface area (Å²) in [7, 11) is 2.06. The Bertz CT molecular complexity index is 471. The minimum absolute atomic E-state index is 0.116. The van der Waals surface area contributed by atoms with Crippen LogP contribution in [0.15, 0.2) is 18.2 Å². The number of Topliss-reactive ketones (excluding diaryl/α,β-unsaturated/α-hetero) is 1. The molecule has 0 unspecified atom stereocenters. The fourth-order valence-corrected chi connectivity index (χ4v) is 3.24. The van der Waals surface area contributed by atoms with Crippen molar-refractivity contribution >= 4 is 5.78 Å². The fourth-order valence-electron chi connectivity index (χ4n) is 3.24. The highest BCUT2D eigenvalue weighted by atomic mass is 19.1. The van der Waals surface area contributed by atoms with Crippen molar-refractivity contribution in [3.05, 3.63) is 35.1 Å². The second-order valence-electron chi connectivity index (χ2n) is 5.25. The smallest absolute Gasteiger partial charge is 0.163 e. The van der Waals surface area contributed by atoms with E-state index in [0.717, 1.165) is 19.5 Å². The van der Waals surface area contributed by atoms with Gasteiger partial charge in [0.05, 0.1) is 0 Å². The summed E-state index contributed by atoms with van der Waals surface area (Å²) >= 11 is 0. The van der Waals surface area contributed by atoms with E-state index in [1.54, 1.807) is 12.1 Å². The summed E-state index contributed by atoms with van der Waals surface area (Å²) in [6.45, 7) is 1.88. The summed E-state index contributed by atoms with van der Waals surface area (Å²) in [4.78, 5) is 14.2. The van der Waals surface area contributed by atoms with Crippen molar-refractivity contribution in [1.29, 1.82) is 0 Å². The largest absolute Gasteiger partial charge is 0.306 e. The number of benzene rings is 1. The van der Waals surface area contributed by atoms with E-state index in [1.807, 2.05) is 0 Å². The van der Waals surface area contributed by atoms with Crippen molar-refractivity contribution in [3.8, 4) is 0 Å². The second-order valence-corrected chi connectivity index (χ2v) is 5.25. The van der Waals surface area contributed by atoms with Gasteiger partial charge in [-0.2, -0.15) is 0 Å². The number of carbonyl (C=O) groups is 1. The van der Waals surface area contributed by atoms with Gasteiger partial charge in [0.1, 0.15) is 5.82 Å². The Morgan fingerprint density at radius 2 is 2.24 bits per heavy atom. The molecule has 2 nitrogen and oxygen atoms in total. The third kappa shape index (κ3) is 1.69. The van der Waals surface area contributed by atoms with Crippen LogP contribution < -0.4 is 0 Å². The maximum absolute atomic E-state index is 14.0. The molecule has 1 aliphatic heterocycles. The van der Waals surface area contributed by atoms with E-state index < -0.39 is 0 Å². The summed E-state index contributed by atoms with van der Waals surface area (Å²) in [6, 6.07) is 4.88. The Morgan fingerprint density at radius 1 is 1.41 bits per heavy atom. The van der Waals surface area contributed by atoms with Crippen molar-refractivity contribution in [2.24, 2.45) is 5.92 Å². The molecule has 0 aromatic heterocycles. The quantitative estimate of drug-likeness (QED) is 0.686. The zero-order chi connectivity index (χ0) is 12.0. The van der Waals surface area contributed by atoms with Crippen LogP contribution in [0, 0.1) is 11.7 Å². The maximum Gasteiger partial charge on any atom is 0.163 e. The van der Waals surface area contributed by atoms with E-state index in [1.165, 1.54) is 6.07 Å². The van der Waals surface area contributed by atoms with E-state index in [9.17, 15) is 9.18 Å². The summed E-state index contributed by atoms with van der Waals surface area (Å²) in [5, 5.41) is 0. The molecule has 1 aliphatic carbocycles. The Balaban J connectivity index is 2.10. The predicted octanol–water partition coefficient (Wildman–Crippen LogP) is 2.45. The number of fused-ring (bicyclic) bond motifs is 3. The summed E-state index contributed by atoms with van der Waals surface area (Å²) in [6.07, 6.45) is 1.59. The minimum atomic E-state index is -0.208. The minimum Gasteiger partial charge on any atom is -0.306 e. The zero-order valence-electron chi connectivity index (χ0n) is 9.95. The first kappa shape index (κ1) is 10.9. The average molecular weight is 233 g/mol. The number of likely N-dealkylation sites (tertiary alicyclic amines) is 1. The van der Waals surface area contributed by atoms with E-state index >= 15 is 0 Å². The topological polar surface area (TPSA) is 20.3 Å². The summed E-state index contributed by atoms with van der Waals surface area (Å²) < 4.78 is 14.0. The third-order valence-corrected chi connectivity index (χ3v) is 4.13. The number of ketones is 1. The Kier molecular flexibility index (Phi) is 2.51. The van der Waals surface area contributed by atoms with Crippen LogP contribution in [0.3, 0.4) is 0 Å². The standard InChI is InChI=1S/C14H16FNO/c1-16-6-5-9-7-13(17)10-3-2-4-12(15)14(10)11(9)8-16/h2-4,9,11H,5-8H2,1H3/t9-,11-/m1/s1. The lowest BCUT2D eigenvalue weighted by atomic mass is 9.71. The van der Waals surface area contributed by atoms with Gasteiger partial charge in [0.25, 0.3) is 0 Å². The SMILES string of the molecule is CN1CC[C@@H]2CC(=O)c3cccc(F)c3[C@@H]2C1. The van der Waals surface area contributed by atoms with Crippen molar-refractivity contribution in [1.82, 2.24) is 4.90 Å². The lowest BCUT2D eigenvalue weighted by Gasteiger charge is -2.40. The van der Waals surface area contributed by atoms with E-state index in [-0.39, 0.29) is 17.5 Å². The van der Waals surface area contributed by atoms with E-state index in [4.69, 9.17) is 0 Å². The molecule has 0 saturated carbocycles. The van der Waals surface area contributed by atoms with Crippen LogP contribution in [0.1, 0.15) is 34.7 Å². The first-order valence-electron chi connectivity index (χ1n) is 6.17. The van der Waals surface area contributed by atoms with Crippen LogP contribution in [0.4, 0.5) is 4.39 Å². The lowest BCUT2D eigenvalue weighted by molar-refractivity contribution is 0.0883. The van der Waals surface area contributed by atoms with E-state index in [2.05, 4.69) is 11.9 Å². The van der Waals surface area contributed by atoms with Crippen molar-refractivity contribution in [2.75, 3.05) is 20.1 Å². The molecule has 17 heavy (non-hydrogen) atoms. The number of carbonyl (C=O) groups excluding carboxylic acids is 1. The molecule has 1 aromatic carbocycles. The zero-order valence-corrected chi connectivity index (χ0v) is 9.95. The van der Waals surface area contributed by atoms with Gasteiger partial charge in [0.2, 0.25) is 0 Å². The first-order chi connectivity index (χ1) is 8.16. The van der Waals surface area contributed by atoms with Gasteiger partial charge in [-0.3, -0.25) is 4.79 Å². The number of hydrogen-bond acceptors (Lipinski definition) is 2. The molecule has 2 atom stereocenters. The van der Waals surface area contributed by atoms with Gasteiger partial charge >= 0.3 is 0 Å². The van der Waals surface area contributed by atoms with Crippen LogP contribution in [0.2, 0.25) is 0 Å². The van der Waals surface area contributed by atoms with Gasteiger partial charge in [-0.05, 0) is 32.0 Å². The number of rotatable bonds is 0. The second kappa shape index (κ2) is 3.91. The van der Waals surface area contributed by atoms with Crippen LogP contribution in [0.25, 0.3) is 0 Å². The molecular formula is C14H16FNO. The highest BCUT2D eigenvalue weighted by molar-refractivity contribution is 5.99. The molecule has 0 amide bonds. The van der Waals surface area contributed by atoms with Gasteiger partial charge in [-0.25, -0.2) is 4.39 Å². The summed E-state index contributed by atoms with van der Waals surface area (Å²) in [5.74, 6) is 0.442. The molecule has 0 bridgehead atoms. The maximum atomic E-state index is 14.0. The predicted molar refractivity (Wildman–Crippen MR) is 63.7 cm³/mol. The van der Waals surface area contributed by atoms with Crippen LogP contribution in [0.5, 0.6) is 0 Å². The van der Waals surface area contributed by atoms with Gasteiger partial charge in [-0.15, -0.1) is 0 Å². The van der Waals surface area contributed by atoms with Crippen LogP contribution in [-0.2, 0) is 0 Å². The van der Waals surface area contributed by atoms with E-state index in [0.29, 0.717) is 23.5 Å². The Hall–Kier alpha value is -1.22. The molecule has 0 N–H and O–H groups in total. The number of hydrogen-bond donors (Lipinski definition) is 0. The van der Waals surface area contributed by atoms with Gasteiger partial charge in [0.15, 0.2) is 5.78 Å². The number of halogens is 1. The number of likely N-dealkylation sites (N-methyl/N-ethyl adjacent to an activating group) is 1. The molecule has 3 heteroatoms. The van der Waals surface area contributed by atoms with Crippen molar-refractivity contribution in [2.45, 2.75) is 18.8 Å². The highest BCUT2D eigenvalue weighted by Crippen LogP contribution is 2.41. The van der Waals surface area contributed by atoms with Crippen molar-refractivity contribution in [3.63, 3.8) is 0 Å². The Morgan fingerprint density at radius 3 is 3.06 bits per heavy atom. The molecule has 1 heterocycles. The number of piperidine rings is 1. The summed E-state index contributed by atoms with van der Waals surface area (Å²) in [5.41, 5.74) is 1.28. The molecular weight excluding hydrogens is 217 g/mol. The monoisotopic (exact) mass is 233 g/mol. The van der Waals surface area contributed by atoms with Crippen LogP contribution >= 0.6 is 0 Å². The highest BCUT2D eigenvalue weighted by Gasteiger charge is 2.38. The molecule has 2 aliphatic rings. The average Bonchev–Trinajstić information content (AvgIpc) is 2.30. The molecule has 0 spiro atoms. The fraction of sp³-hybridized carbons (Fsp3) is 0.500. The molecule has 3 rings (SSSR count). The molecule has 0 radical (unpaired) electrons. The number of nitrogens with zero attached hydrogens (tertiary/aromatic N) is 1. The van der Waals surface area contributed by atoms with Gasteiger partial charge in [0, 0.05) is 30.0 Å². The third-order valence-electron chi connectivity index (χ3n) is 4.13. The molecule has 1 saturated heterocycles. The van der Waals surface area contributed by atoms with Crippen molar-refractivity contribution < 1.29 is 9.18 Å².